The molecule has 2 aromatic rings. The summed E-state index contributed by atoms with van der Waals surface area (Å²) >= 11 is 0. The van der Waals surface area contributed by atoms with Crippen molar-refractivity contribution in [1.82, 2.24) is 15.2 Å². The summed E-state index contributed by atoms with van der Waals surface area (Å²) in [5.41, 5.74) is 2.42. The van der Waals surface area contributed by atoms with Gasteiger partial charge in [0.1, 0.15) is 6.10 Å². The third kappa shape index (κ3) is 3.14. The fourth-order valence-electron chi connectivity index (χ4n) is 4.47. The molecule has 2 aliphatic rings. The largest absolute Gasteiger partial charge is 0.361 e. The summed E-state index contributed by atoms with van der Waals surface area (Å²) in [6.45, 7) is 7.23. The van der Waals surface area contributed by atoms with E-state index in [1.54, 1.807) is 0 Å². The molecular formula is C21H29N3O2. The van der Waals surface area contributed by atoms with Crippen molar-refractivity contribution in [3.63, 3.8) is 0 Å². The molecule has 0 radical (unpaired) electrons. The van der Waals surface area contributed by atoms with E-state index in [-0.39, 0.29) is 23.7 Å². The smallest absolute Gasteiger partial charge is 0.249 e. The first-order valence-corrected chi connectivity index (χ1v) is 9.87. The second-order valence-corrected chi connectivity index (χ2v) is 7.76. The van der Waals surface area contributed by atoms with Gasteiger partial charge < -0.3 is 19.9 Å². The molecule has 0 saturated carbocycles. The zero-order valence-corrected chi connectivity index (χ0v) is 15.8. The van der Waals surface area contributed by atoms with Gasteiger partial charge in [0.2, 0.25) is 5.91 Å². The highest BCUT2D eigenvalue weighted by molar-refractivity contribution is 5.83. The van der Waals surface area contributed by atoms with Gasteiger partial charge in [0, 0.05) is 36.7 Å². The summed E-state index contributed by atoms with van der Waals surface area (Å²) < 4.78 is 6.30. The molecule has 4 rings (SSSR count). The fraction of sp³-hybridized carbons (Fsp3) is 0.571. The number of benzene rings is 1. The maximum Gasteiger partial charge on any atom is 0.249 e. The highest BCUT2D eigenvalue weighted by Crippen LogP contribution is 2.34. The lowest BCUT2D eigenvalue weighted by Gasteiger charge is -2.49. The van der Waals surface area contributed by atoms with Crippen LogP contribution in [0.2, 0.25) is 0 Å². The topological polar surface area (TPSA) is 57.4 Å². The van der Waals surface area contributed by atoms with Crippen molar-refractivity contribution in [2.24, 2.45) is 0 Å². The molecule has 3 heterocycles. The molecule has 2 saturated heterocycles. The number of hydrogen-bond donors (Lipinski definition) is 2. The number of para-hydroxylation sites is 1. The van der Waals surface area contributed by atoms with E-state index in [0.29, 0.717) is 0 Å². The van der Waals surface area contributed by atoms with Crippen molar-refractivity contribution in [3.8, 4) is 0 Å². The number of nitrogens with zero attached hydrogens (tertiary/aromatic N) is 1. The standard InChI is InChI=1S/C21H29N3O2/c1-3-19-20(25)23-15(2)21(26-19)9-12-24(13-10-21)11-8-16-14-22-18-7-5-4-6-17(16)18/h4-7,14-15,19,22H,3,8-13H2,1-2H3,(H,23,25). The van der Waals surface area contributed by atoms with Crippen LogP contribution in [0, 0.1) is 0 Å². The van der Waals surface area contributed by atoms with Gasteiger partial charge >= 0.3 is 0 Å². The molecule has 1 amide bonds. The van der Waals surface area contributed by atoms with Gasteiger partial charge in [0.05, 0.1) is 11.6 Å². The number of fused-ring (bicyclic) bond motifs is 1. The minimum atomic E-state index is -0.288. The summed E-state index contributed by atoms with van der Waals surface area (Å²) in [5.74, 6) is 0.0485. The number of carbonyl (C=O) groups is 1. The molecule has 26 heavy (non-hydrogen) atoms. The number of H-pyrrole nitrogens is 1. The van der Waals surface area contributed by atoms with E-state index in [1.165, 1.54) is 16.5 Å². The number of ether oxygens (including phenoxy) is 1. The van der Waals surface area contributed by atoms with E-state index < -0.39 is 0 Å². The van der Waals surface area contributed by atoms with Crippen LogP contribution in [-0.4, -0.2) is 53.2 Å². The van der Waals surface area contributed by atoms with Crippen molar-refractivity contribution in [2.45, 2.75) is 57.3 Å². The lowest BCUT2D eigenvalue weighted by molar-refractivity contribution is -0.182. The molecular weight excluding hydrogens is 326 g/mol. The highest BCUT2D eigenvalue weighted by atomic mass is 16.5. The molecule has 1 aromatic carbocycles. The molecule has 0 bridgehead atoms. The van der Waals surface area contributed by atoms with Crippen LogP contribution in [0.15, 0.2) is 30.5 Å². The van der Waals surface area contributed by atoms with E-state index >= 15 is 0 Å². The molecule has 5 nitrogen and oxygen atoms in total. The molecule has 2 fully saturated rings. The summed E-state index contributed by atoms with van der Waals surface area (Å²) in [7, 11) is 0. The molecule has 2 atom stereocenters. The Hall–Kier alpha value is -1.85. The quantitative estimate of drug-likeness (QED) is 0.887. The molecule has 0 aliphatic carbocycles. The average Bonchev–Trinajstić information content (AvgIpc) is 3.07. The Morgan fingerprint density at radius 1 is 1.27 bits per heavy atom. The Balaban J connectivity index is 1.35. The number of rotatable bonds is 4. The number of nitrogens with one attached hydrogen (secondary N) is 2. The first-order chi connectivity index (χ1) is 12.6. The van der Waals surface area contributed by atoms with E-state index in [0.717, 1.165) is 45.3 Å². The number of aromatic amines is 1. The van der Waals surface area contributed by atoms with Crippen molar-refractivity contribution in [1.29, 1.82) is 0 Å². The van der Waals surface area contributed by atoms with E-state index in [2.05, 4.69) is 52.6 Å². The molecule has 2 aliphatic heterocycles. The number of amides is 1. The zero-order valence-electron chi connectivity index (χ0n) is 15.8. The number of morpholine rings is 1. The average molecular weight is 355 g/mol. The Morgan fingerprint density at radius 2 is 2.04 bits per heavy atom. The Kier molecular flexibility index (Phi) is 4.76. The van der Waals surface area contributed by atoms with Crippen LogP contribution in [-0.2, 0) is 16.0 Å². The van der Waals surface area contributed by atoms with Gasteiger partial charge in [-0.1, -0.05) is 25.1 Å². The van der Waals surface area contributed by atoms with Crippen LogP contribution in [0.3, 0.4) is 0 Å². The second kappa shape index (κ2) is 7.05. The van der Waals surface area contributed by atoms with Gasteiger partial charge in [-0.3, -0.25) is 4.79 Å². The van der Waals surface area contributed by atoms with Crippen LogP contribution in [0.4, 0.5) is 0 Å². The summed E-state index contributed by atoms with van der Waals surface area (Å²) in [4.78, 5) is 17.9. The molecule has 5 heteroatoms. The number of aromatic nitrogens is 1. The fourth-order valence-corrected chi connectivity index (χ4v) is 4.47. The normalized spacial score (nSPS) is 26.3. The van der Waals surface area contributed by atoms with E-state index in [9.17, 15) is 4.79 Å². The Morgan fingerprint density at radius 3 is 2.81 bits per heavy atom. The van der Waals surface area contributed by atoms with E-state index in [1.807, 2.05) is 6.92 Å². The predicted octanol–water partition coefficient (Wildman–Crippen LogP) is 2.86. The van der Waals surface area contributed by atoms with Crippen LogP contribution in [0.1, 0.15) is 38.7 Å². The zero-order chi connectivity index (χ0) is 18.1. The van der Waals surface area contributed by atoms with Gasteiger partial charge in [-0.2, -0.15) is 0 Å². The summed E-state index contributed by atoms with van der Waals surface area (Å²) in [6, 6.07) is 8.58. The van der Waals surface area contributed by atoms with Gasteiger partial charge in [-0.25, -0.2) is 0 Å². The van der Waals surface area contributed by atoms with Crippen LogP contribution >= 0.6 is 0 Å². The number of likely N-dealkylation sites (tertiary alicyclic amines) is 1. The number of hydrogen-bond acceptors (Lipinski definition) is 3. The highest BCUT2D eigenvalue weighted by Gasteiger charge is 2.47. The van der Waals surface area contributed by atoms with Crippen molar-refractivity contribution in [3.05, 3.63) is 36.0 Å². The third-order valence-electron chi connectivity index (χ3n) is 6.26. The molecule has 140 valence electrons. The maximum atomic E-state index is 12.0. The summed E-state index contributed by atoms with van der Waals surface area (Å²) in [6.07, 6.45) is 5.62. The molecule has 2 unspecified atom stereocenters. The number of carbonyl (C=O) groups excluding carboxylic acids is 1. The van der Waals surface area contributed by atoms with E-state index in [4.69, 9.17) is 4.74 Å². The van der Waals surface area contributed by atoms with Gasteiger partial charge in [-0.05, 0) is 44.2 Å². The first kappa shape index (κ1) is 17.6. The Bertz CT molecular complexity index is 776. The predicted molar refractivity (Wildman–Crippen MR) is 103 cm³/mol. The van der Waals surface area contributed by atoms with Crippen LogP contribution in [0.25, 0.3) is 10.9 Å². The van der Waals surface area contributed by atoms with Crippen molar-refractivity contribution >= 4 is 16.8 Å². The molecule has 1 aromatic heterocycles. The molecule has 2 N–H and O–H groups in total. The van der Waals surface area contributed by atoms with Gasteiger partial charge in [-0.15, -0.1) is 0 Å². The van der Waals surface area contributed by atoms with Crippen molar-refractivity contribution < 1.29 is 9.53 Å². The number of piperidine rings is 1. The van der Waals surface area contributed by atoms with Crippen LogP contribution in [0.5, 0.6) is 0 Å². The van der Waals surface area contributed by atoms with Gasteiger partial charge in [0.15, 0.2) is 0 Å². The lowest BCUT2D eigenvalue weighted by atomic mass is 9.82. The Labute approximate surface area is 155 Å². The minimum Gasteiger partial charge on any atom is -0.361 e. The van der Waals surface area contributed by atoms with Crippen molar-refractivity contribution in [2.75, 3.05) is 19.6 Å². The monoisotopic (exact) mass is 355 g/mol. The second-order valence-electron chi connectivity index (χ2n) is 7.76. The SMILES string of the molecule is CCC1OC2(CCN(CCc3c[nH]c4ccccc34)CC2)C(C)NC1=O. The first-order valence-electron chi connectivity index (χ1n) is 9.87. The minimum absolute atomic E-state index is 0.0485. The lowest BCUT2D eigenvalue weighted by Crippen LogP contribution is -2.65. The molecule has 1 spiro atoms. The van der Waals surface area contributed by atoms with Gasteiger partial charge in [0.25, 0.3) is 0 Å². The maximum absolute atomic E-state index is 12.0. The third-order valence-corrected chi connectivity index (χ3v) is 6.26. The van der Waals surface area contributed by atoms with Crippen LogP contribution < -0.4 is 5.32 Å². The summed E-state index contributed by atoms with van der Waals surface area (Å²) in [5, 5.41) is 4.48.